The van der Waals surface area contributed by atoms with Crippen LogP contribution >= 0.6 is 27.7 Å². The lowest BCUT2D eigenvalue weighted by Gasteiger charge is -2.31. The van der Waals surface area contributed by atoms with Gasteiger partial charge in [-0.2, -0.15) is 8.78 Å². The Hall–Kier alpha value is -1.09. The van der Waals surface area contributed by atoms with Crippen LogP contribution in [-0.4, -0.2) is 32.5 Å². The van der Waals surface area contributed by atoms with E-state index in [4.69, 9.17) is 4.74 Å². The zero-order valence-electron chi connectivity index (χ0n) is 13.8. The third-order valence-electron chi connectivity index (χ3n) is 3.78. The van der Waals surface area contributed by atoms with Gasteiger partial charge in [0.15, 0.2) is 5.16 Å². The predicted octanol–water partition coefficient (Wildman–Crippen LogP) is 4.06. The first-order valence-electron chi connectivity index (χ1n) is 7.81. The van der Waals surface area contributed by atoms with Gasteiger partial charge in [0.25, 0.3) is 5.06 Å². The van der Waals surface area contributed by atoms with E-state index in [1.165, 1.54) is 0 Å². The maximum atomic E-state index is 14.3. The summed E-state index contributed by atoms with van der Waals surface area (Å²) in [6.07, 6.45) is 0.597. The fourth-order valence-electron chi connectivity index (χ4n) is 2.73. The molecular weight excluding hydrogens is 412 g/mol. The van der Waals surface area contributed by atoms with E-state index in [0.29, 0.717) is 6.42 Å². The number of hydrogen-bond donors (Lipinski definition) is 1. The number of thioether (sulfide) groups is 1. The van der Waals surface area contributed by atoms with Gasteiger partial charge in [-0.05, 0) is 59.6 Å². The molecule has 1 aliphatic rings. The number of nitrogens with zero attached hydrogens (tertiary/aromatic N) is 2. The lowest BCUT2D eigenvalue weighted by atomic mass is 10.1. The average Bonchev–Trinajstić information content (AvgIpc) is 2.91. The fraction of sp³-hybridized carbons (Fsp3) is 0.412. The van der Waals surface area contributed by atoms with Crippen molar-refractivity contribution in [3.8, 4) is 0 Å². The van der Waals surface area contributed by atoms with Gasteiger partial charge in [-0.3, -0.25) is 5.32 Å². The van der Waals surface area contributed by atoms with Crippen molar-refractivity contribution in [1.82, 2.24) is 15.3 Å². The number of aromatic nitrogens is 2. The van der Waals surface area contributed by atoms with Crippen LogP contribution in [0.25, 0.3) is 0 Å². The molecule has 8 heteroatoms. The van der Waals surface area contributed by atoms with Gasteiger partial charge in [0.2, 0.25) is 0 Å². The summed E-state index contributed by atoms with van der Waals surface area (Å²) in [4.78, 5) is 5.19. The van der Waals surface area contributed by atoms with E-state index >= 15 is 0 Å². The number of rotatable bonds is 5. The summed E-state index contributed by atoms with van der Waals surface area (Å²) in [5.41, 5.74) is 2.51. The Balaban J connectivity index is 1.81. The van der Waals surface area contributed by atoms with E-state index in [2.05, 4.69) is 31.2 Å². The van der Waals surface area contributed by atoms with Gasteiger partial charge in [-0.25, -0.2) is 9.97 Å². The first-order chi connectivity index (χ1) is 11.8. The monoisotopic (exact) mass is 429 g/mol. The van der Waals surface area contributed by atoms with Gasteiger partial charge in [0.1, 0.15) is 0 Å². The highest BCUT2D eigenvalue weighted by atomic mass is 79.9. The summed E-state index contributed by atoms with van der Waals surface area (Å²) >= 11 is 3.27. The van der Waals surface area contributed by atoms with Crippen molar-refractivity contribution in [2.24, 2.45) is 0 Å². The Morgan fingerprint density at radius 2 is 1.92 bits per heavy atom. The molecule has 4 nitrogen and oxygen atoms in total. The van der Waals surface area contributed by atoms with Crippen LogP contribution in [0, 0.1) is 13.8 Å². The van der Waals surface area contributed by atoms with Gasteiger partial charge < -0.3 is 4.74 Å². The number of hydrogen-bond acceptors (Lipinski definition) is 5. The highest BCUT2D eigenvalue weighted by Crippen LogP contribution is 2.48. The van der Waals surface area contributed by atoms with Gasteiger partial charge in [0, 0.05) is 17.4 Å². The number of aryl methyl sites for hydroxylation is 2. The molecule has 1 aromatic heterocycles. The Bertz CT molecular complexity index is 724. The standard InChI is InChI=1S/C17H18BrF2N3OS/c1-11-8-12(2)22-15(21-11)25-17(16(18,19)20)23-14(10-24-17)9-13-6-4-3-5-7-13/h3-8,14,23H,9-10H2,1-2H3/t14-,17-/m0/s1. The second kappa shape index (κ2) is 7.26. The first-order valence-corrected chi connectivity index (χ1v) is 9.42. The number of benzene rings is 1. The molecule has 0 amide bonds. The second-order valence-electron chi connectivity index (χ2n) is 5.99. The summed E-state index contributed by atoms with van der Waals surface area (Å²) in [5.74, 6) is 0. The topological polar surface area (TPSA) is 47.0 Å². The molecular formula is C17H18BrF2N3OS. The number of nitrogens with one attached hydrogen (secondary N) is 1. The molecule has 0 saturated carbocycles. The smallest absolute Gasteiger partial charge is 0.343 e. The number of alkyl halides is 3. The Morgan fingerprint density at radius 1 is 1.28 bits per heavy atom. The molecule has 25 heavy (non-hydrogen) atoms. The minimum absolute atomic E-state index is 0.174. The summed E-state index contributed by atoms with van der Waals surface area (Å²) < 4.78 is 34.2. The molecule has 1 N–H and O–H groups in total. The van der Waals surface area contributed by atoms with Crippen LogP contribution in [0.15, 0.2) is 41.6 Å². The second-order valence-corrected chi connectivity index (χ2v) is 8.13. The number of halogens is 3. The SMILES string of the molecule is Cc1cc(C)nc(S[C@@]2(C(F)(F)Br)N[C@@H](Cc3ccccc3)CO2)n1. The highest BCUT2D eigenvalue weighted by molar-refractivity contribution is 9.10. The van der Waals surface area contributed by atoms with Gasteiger partial charge in [-0.1, -0.05) is 30.3 Å². The Morgan fingerprint density at radius 3 is 2.52 bits per heavy atom. The van der Waals surface area contributed by atoms with Crippen LogP contribution in [0.2, 0.25) is 0 Å². The molecule has 1 aliphatic heterocycles. The van der Waals surface area contributed by atoms with Crippen molar-refractivity contribution in [3.63, 3.8) is 0 Å². The van der Waals surface area contributed by atoms with Crippen LogP contribution in [0.3, 0.4) is 0 Å². The summed E-state index contributed by atoms with van der Waals surface area (Å²) in [5, 5.41) is 1.25. The Kier molecular flexibility index (Phi) is 5.43. The van der Waals surface area contributed by atoms with E-state index in [9.17, 15) is 8.78 Å². The Labute approximate surface area is 157 Å². The summed E-state index contributed by atoms with van der Waals surface area (Å²) in [6.45, 7) is 3.78. The van der Waals surface area contributed by atoms with E-state index in [1.54, 1.807) is 19.9 Å². The van der Waals surface area contributed by atoms with Crippen molar-refractivity contribution < 1.29 is 13.5 Å². The molecule has 1 aromatic carbocycles. The quantitative estimate of drug-likeness (QED) is 0.573. The predicted molar refractivity (Wildman–Crippen MR) is 97.0 cm³/mol. The van der Waals surface area contributed by atoms with Crippen molar-refractivity contribution in [1.29, 1.82) is 0 Å². The van der Waals surface area contributed by atoms with Gasteiger partial charge >= 0.3 is 4.83 Å². The lowest BCUT2D eigenvalue weighted by Crippen LogP contribution is -2.52. The van der Waals surface area contributed by atoms with Crippen LogP contribution < -0.4 is 5.32 Å². The largest absolute Gasteiger partial charge is 0.353 e. The molecule has 0 unspecified atom stereocenters. The van der Waals surface area contributed by atoms with Crippen molar-refractivity contribution in [3.05, 3.63) is 53.3 Å². The van der Waals surface area contributed by atoms with Crippen LogP contribution in [0.5, 0.6) is 0 Å². The zero-order valence-corrected chi connectivity index (χ0v) is 16.2. The third kappa shape index (κ3) is 4.36. The molecule has 2 aromatic rings. The van der Waals surface area contributed by atoms with Crippen molar-refractivity contribution >= 4 is 27.7 Å². The molecule has 0 aliphatic carbocycles. The minimum atomic E-state index is -3.29. The average molecular weight is 430 g/mol. The van der Waals surface area contributed by atoms with Crippen LogP contribution in [0.1, 0.15) is 17.0 Å². The molecule has 1 fully saturated rings. The van der Waals surface area contributed by atoms with E-state index in [0.717, 1.165) is 28.7 Å². The molecule has 0 spiro atoms. The summed E-state index contributed by atoms with van der Waals surface area (Å²) in [7, 11) is 0. The highest BCUT2D eigenvalue weighted by Gasteiger charge is 2.59. The van der Waals surface area contributed by atoms with Crippen molar-refractivity contribution in [2.45, 2.75) is 41.4 Å². The van der Waals surface area contributed by atoms with Crippen molar-refractivity contribution in [2.75, 3.05) is 6.61 Å². The fourth-order valence-corrected chi connectivity index (χ4v) is 4.30. The van der Waals surface area contributed by atoms with E-state index < -0.39 is 9.89 Å². The molecule has 0 radical (unpaired) electrons. The minimum Gasteiger partial charge on any atom is -0.343 e. The molecule has 2 heterocycles. The first kappa shape index (κ1) is 18.7. The maximum absolute atomic E-state index is 14.3. The third-order valence-corrected chi connectivity index (χ3v) is 5.74. The lowest BCUT2D eigenvalue weighted by molar-refractivity contribution is -0.0766. The normalized spacial score (nSPS) is 23.8. The zero-order chi connectivity index (χ0) is 18.1. The van der Waals surface area contributed by atoms with Gasteiger partial charge in [0.05, 0.1) is 6.61 Å². The van der Waals surface area contributed by atoms with E-state index in [1.807, 2.05) is 30.3 Å². The maximum Gasteiger partial charge on any atom is 0.353 e. The molecule has 0 bridgehead atoms. The number of ether oxygens (including phenoxy) is 1. The van der Waals surface area contributed by atoms with Gasteiger partial charge in [-0.15, -0.1) is 0 Å². The van der Waals surface area contributed by atoms with Crippen LogP contribution in [-0.2, 0) is 11.2 Å². The molecule has 3 rings (SSSR count). The summed E-state index contributed by atoms with van der Waals surface area (Å²) in [6, 6.07) is 11.3. The molecule has 134 valence electrons. The molecule has 1 saturated heterocycles. The van der Waals surface area contributed by atoms with Crippen LogP contribution in [0.4, 0.5) is 8.78 Å². The van der Waals surface area contributed by atoms with E-state index in [-0.39, 0.29) is 17.8 Å². The molecule has 2 atom stereocenters.